The molecule has 0 saturated heterocycles. The smallest absolute Gasteiger partial charge is 0.339 e. The Balaban J connectivity index is 2.79. The van der Waals surface area contributed by atoms with Crippen molar-refractivity contribution in [2.75, 3.05) is 19.0 Å². The number of rotatable bonds is 4. The summed E-state index contributed by atoms with van der Waals surface area (Å²) in [6, 6.07) is 2.26. The number of nitrogens with two attached hydrogens (primary N) is 1. The van der Waals surface area contributed by atoms with Gasteiger partial charge in [0.2, 0.25) is 0 Å². The van der Waals surface area contributed by atoms with Gasteiger partial charge in [0.05, 0.1) is 24.5 Å². The molecule has 0 aliphatic rings. The molecule has 1 aromatic carbocycles. The van der Waals surface area contributed by atoms with E-state index in [1.165, 1.54) is 6.07 Å². The molecule has 0 aliphatic carbocycles. The second-order valence-corrected chi connectivity index (χ2v) is 3.89. The highest BCUT2D eigenvalue weighted by Gasteiger charge is 2.14. The van der Waals surface area contributed by atoms with Crippen LogP contribution >= 0.6 is 15.9 Å². The number of nitrogen functional groups attached to an aromatic ring is 1. The molecule has 0 bridgehead atoms. The van der Waals surface area contributed by atoms with Crippen LogP contribution in [0.25, 0.3) is 0 Å². The molecule has 0 amide bonds. The second kappa shape index (κ2) is 5.79. The lowest BCUT2D eigenvalue weighted by Gasteiger charge is -2.06. The van der Waals surface area contributed by atoms with Gasteiger partial charge in [-0.1, -0.05) is 0 Å². The van der Waals surface area contributed by atoms with Crippen molar-refractivity contribution in [3.63, 3.8) is 0 Å². The fourth-order valence-corrected chi connectivity index (χ4v) is 1.50. The summed E-state index contributed by atoms with van der Waals surface area (Å²) in [4.78, 5) is 11.5. The Hall–Kier alpha value is -1.17. The maximum Gasteiger partial charge on any atom is 0.339 e. The van der Waals surface area contributed by atoms with Crippen molar-refractivity contribution in [2.24, 2.45) is 0 Å². The summed E-state index contributed by atoms with van der Waals surface area (Å²) < 4.78 is 29.8. The molecule has 2 N–H and O–H groups in total. The number of anilines is 1. The van der Waals surface area contributed by atoms with Gasteiger partial charge in [0.25, 0.3) is 0 Å². The molecule has 0 saturated carbocycles. The van der Waals surface area contributed by atoms with Crippen LogP contribution < -0.4 is 5.73 Å². The predicted octanol–water partition coefficient (Wildman–Crippen LogP) is 2.69. The van der Waals surface area contributed by atoms with Gasteiger partial charge >= 0.3 is 5.97 Å². The van der Waals surface area contributed by atoms with Gasteiger partial charge in [-0.25, -0.2) is 9.18 Å². The van der Waals surface area contributed by atoms with E-state index in [2.05, 4.69) is 15.9 Å². The molecule has 0 radical (unpaired) electrons. The van der Waals surface area contributed by atoms with Crippen molar-refractivity contribution in [3.05, 3.63) is 28.0 Å². The van der Waals surface area contributed by atoms with Crippen LogP contribution in [0.4, 0.5) is 14.5 Å². The molecule has 0 aliphatic heterocycles. The second-order valence-electron chi connectivity index (χ2n) is 3.03. The van der Waals surface area contributed by atoms with Crippen molar-refractivity contribution < 1.29 is 18.3 Å². The maximum atomic E-state index is 13.0. The first kappa shape index (κ1) is 12.9. The average molecular weight is 294 g/mol. The highest BCUT2D eigenvalue weighted by molar-refractivity contribution is 9.10. The molecule has 3 nitrogen and oxygen atoms in total. The minimum absolute atomic E-state index is 0.0148. The van der Waals surface area contributed by atoms with Gasteiger partial charge in [0, 0.05) is 10.9 Å². The quantitative estimate of drug-likeness (QED) is 0.527. The van der Waals surface area contributed by atoms with Crippen LogP contribution in [0.1, 0.15) is 16.8 Å². The van der Waals surface area contributed by atoms with E-state index in [0.29, 0.717) is 0 Å². The van der Waals surface area contributed by atoms with Crippen molar-refractivity contribution in [2.45, 2.75) is 6.42 Å². The van der Waals surface area contributed by atoms with E-state index in [-0.39, 0.29) is 28.8 Å². The monoisotopic (exact) mass is 293 g/mol. The van der Waals surface area contributed by atoms with E-state index in [4.69, 9.17) is 10.5 Å². The highest BCUT2D eigenvalue weighted by Crippen LogP contribution is 2.23. The molecular weight excluding hydrogens is 284 g/mol. The Morgan fingerprint density at radius 2 is 2.19 bits per heavy atom. The van der Waals surface area contributed by atoms with Crippen molar-refractivity contribution >= 4 is 27.6 Å². The third-order valence-corrected chi connectivity index (χ3v) is 2.47. The van der Waals surface area contributed by atoms with Crippen LogP contribution in [0.15, 0.2) is 16.6 Å². The van der Waals surface area contributed by atoms with Crippen LogP contribution in [0.5, 0.6) is 0 Å². The summed E-state index contributed by atoms with van der Waals surface area (Å²) in [6.07, 6.45) is 0.139. The highest BCUT2D eigenvalue weighted by atomic mass is 79.9. The molecule has 1 rings (SSSR count). The number of alkyl halides is 1. The van der Waals surface area contributed by atoms with E-state index in [0.717, 1.165) is 6.07 Å². The first-order valence-corrected chi connectivity index (χ1v) is 5.33. The third kappa shape index (κ3) is 3.16. The van der Waals surface area contributed by atoms with Gasteiger partial charge < -0.3 is 10.5 Å². The standard InChI is InChI=1S/C10H10BrF2NO2/c11-7-5-8(13)9(14)4-6(7)10(15)16-3-1-2-12/h4-5H,1-3,14H2. The zero-order valence-electron chi connectivity index (χ0n) is 8.30. The number of halogens is 3. The van der Waals surface area contributed by atoms with Crippen LogP contribution in [-0.4, -0.2) is 19.3 Å². The van der Waals surface area contributed by atoms with Gasteiger partial charge in [0.15, 0.2) is 0 Å². The summed E-state index contributed by atoms with van der Waals surface area (Å²) in [5.41, 5.74) is 5.30. The number of carbonyl (C=O) groups is 1. The van der Waals surface area contributed by atoms with E-state index in [9.17, 15) is 13.6 Å². The molecule has 1 aromatic rings. The maximum absolute atomic E-state index is 13.0. The molecule has 0 atom stereocenters. The SMILES string of the molecule is Nc1cc(C(=O)OCCCF)c(Br)cc1F. The Kier molecular flexibility index (Phi) is 4.67. The van der Waals surface area contributed by atoms with Gasteiger partial charge in [-0.3, -0.25) is 4.39 Å². The van der Waals surface area contributed by atoms with E-state index >= 15 is 0 Å². The van der Waals surface area contributed by atoms with E-state index in [1.54, 1.807) is 0 Å². The molecule has 0 fully saturated rings. The largest absolute Gasteiger partial charge is 0.462 e. The minimum atomic E-state index is -0.660. The Labute approximate surface area is 99.7 Å². The van der Waals surface area contributed by atoms with Gasteiger partial charge in [-0.2, -0.15) is 0 Å². The van der Waals surface area contributed by atoms with Crippen LogP contribution in [-0.2, 0) is 4.74 Å². The summed E-state index contributed by atoms with van der Waals surface area (Å²) in [5, 5.41) is 0. The van der Waals surface area contributed by atoms with Crippen molar-refractivity contribution in [3.8, 4) is 0 Å². The van der Waals surface area contributed by atoms with Gasteiger partial charge in [0.1, 0.15) is 5.82 Å². The molecule has 16 heavy (non-hydrogen) atoms. The average Bonchev–Trinajstić information content (AvgIpc) is 2.23. The van der Waals surface area contributed by atoms with Crippen LogP contribution in [0.3, 0.4) is 0 Å². The number of esters is 1. The molecular formula is C10H10BrF2NO2. The number of carbonyl (C=O) groups excluding carboxylic acids is 1. The van der Waals surface area contributed by atoms with E-state index < -0.39 is 18.5 Å². The topological polar surface area (TPSA) is 52.3 Å². The predicted molar refractivity (Wildman–Crippen MR) is 59.4 cm³/mol. The summed E-state index contributed by atoms with van der Waals surface area (Å²) in [6.45, 7) is -0.570. The number of hydrogen-bond donors (Lipinski definition) is 1. The number of hydrogen-bond acceptors (Lipinski definition) is 3. The molecule has 0 aromatic heterocycles. The minimum Gasteiger partial charge on any atom is -0.462 e. The lowest BCUT2D eigenvalue weighted by atomic mass is 10.2. The molecule has 6 heteroatoms. The van der Waals surface area contributed by atoms with Crippen LogP contribution in [0.2, 0.25) is 0 Å². The number of ether oxygens (including phenoxy) is 1. The Bertz CT molecular complexity index is 399. The fourth-order valence-electron chi connectivity index (χ4n) is 1.02. The molecule has 88 valence electrons. The molecule has 0 unspecified atom stereocenters. The third-order valence-electron chi connectivity index (χ3n) is 1.82. The summed E-state index contributed by atoms with van der Waals surface area (Å²) in [7, 11) is 0. The van der Waals surface area contributed by atoms with Crippen molar-refractivity contribution in [1.29, 1.82) is 0 Å². The summed E-state index contributed by atoms with van der Waals surface area (Å²) >= 11 is 3.02. The number of benzene rings is 1. The van der Waals surface area contributed by atoms with E-state index in [1.807, 2.05) is 0 Å². The molecule has 0 spiro atoms. The first-order chi connectivity index (χ1) is 7.56. The lowest BCUT2D eigenvalue weighted by molar-refractivity contribution is 0.0493. The van der Waals surface area contributed by atoms with Crippen molar-refractivity contribution in [1.82, 2.24) is 0 Å². The van der Waals surface area contributed by atoms with Crippen LogP contribution in [0, 0.1) is 5.82 Å². The van der Waals surface area contributed by atoms with Gasteiger partial charge in [-0.15, -0.1) is 0 Å². The lowest BCUT2D eigenvalue weighted by Crippen LogP contribution is -2.09. The van der Waals surface area contributed by atoms with Gasteiger partial charge in [-0.05, 0) is 28.1 Å². The first-order valence-electron chi connectivity index (χ1n) is 4.54. The Morgan fingerprint density at radius 3 is 2.81 bits per heavy atom. The summed E-state index contributed by atoms with van der Waals surface area (Å²) in [5.74, 6) is -1.28. The Morgan fingerprint density at radius 1 is 1.50 bits per heavy atom. The fraction of sp³-hybridized carbons (Fsp3) is 0.300. The normalized spacial score (nSPS) is 10.2. The zero-order chi connectivity index (χ0) is 12.1. The molecule has 0 heterocycles. The zero-order valence-corrected chi connectivity index (χ0v) is 9.89.